The number of hydrogen-bond acceptors (Lipinski definition) is 1. The molecule has 0 saturated heterocycles. The Morgan fingerprint density at radius 2 is 1.67 bits per heavy atom. The lowest BCUT2D eigenvalue weighted by Crippen LogP contribution is -2.25. The van der Waals surface area contributed by atoms with Gasteiger partial charge in [-0.05, 0) is 36.7 Å². The summed E-state index contributed by atoms with van der Waals surface area (Å²) in [5.41, 5.74) is 0.511. The van der Waals surface area contributed by atoms with E-state index in [4.69, 9.17) is 23.2 Å². The molecule has 0 saturated carbocycles. The van der Waals surface area contributed by atoms with Crippen LogP contribution in [0.2, 0.25) is 10.0 Å². The summed E-state index contributed by atoms with van der Waals surface area (Å²) in [6.07, 6.45) is 0.824. The Balaban J connectivity index is 2.55. The largest absolute Gasteiger partial charge is 0.306 e. The predicted octanol–water partition coefficient (Wildman–Crippen LogP) is 5.36. The Morgan fingerprint density at radius 1 is 1.05 bits per heavy atom. The van der Waals surface area contributed by atoms with Crippen LogP contribution in [0.3, 0.4) is 0 Å². The summed E-state index contributed by atoms with van der Waals surface area (Å²) in [7, 11) is 0. The fourth-order valence-corrected chi connectivity index (χ4v) is 2.60. The third-order valence-electron chi connectivity index (χ3n) is 3.18. The van der Waals surface area contributed by atoms with Gasteiger partial charge in [0.1, 0.15) is 11.6 Å². The van der Waals surface area contributed by atoms with Gasteiger partial charge in [0.05, 0.1) is 16.1 Å². The first-order chi connectivity index (χ1) is 10.1. The second kappa shape index (κ2) is 7.21. The van der Waals surface area contributed by atoms with Crippen LogP contribution in [0.25, 0.3) is 0 Å². The first-order valence-electron chi connectivity index (χ1n) is 6.67. The molecule has 0 spiro atoms. The maximum Gasteiger partial charge on any atom is 0.131 e. The van der Waals surface area contributed by atoms with Crippen LogP contribution < -0.4 is 5.32 Å². The van der Waals surface area contributed by atoms with E-state index in [0.29, 0.717) is 22.2 Å². The van der Waals surface area contributed by atoms with Gasteiger partial charge in [0.2, 0.25) is 0 Å². The monoisotopic (exact) mass is 329 g/mol. The van der Waals surface area contributed by atoms with Gasteiger partial charge in [0, 0.05) is 5.56 Å². The SMILES string of the molecule is CCCNC(c1cccc(Cl)c1Cl)c1c(F)cccc1F. The quantitative estimate of drug-likeness (QED) is 0.778. The van der Waals surface area contributed by atoms with E-state index < -0.39 is 17.7 Å². The predicted molar refractivity (Wildman–Crippen MR) is 83.0 cm³/mol. The minimum Gasteiger partial charge on any atom is -0.306 e. The Bertz CT molecular complexity index is 611. The molecular formula is C16H15Cl2F2N. The van der Waals surface area contributed by atoms with Crippen LogP contribution in [0.1, 0.15) is 30.5 Å². The lowest BCUT2D eigenvalue weighted by molar-refractivity contribution is 0.503. The van der Waals surface area contributed by atoms with Crippen molar-refractivity contribution in [1.82, 2.24) is 5.32 Å². The highest BCUT2D eigenvalue weighted by atomic mass is 35.5. The molecule has 0 fully saturated rings. The highest BCUT2D eigenvalue weighted by Gasteiger charge is 2.24. The molecule has 0 heterocycles. The van der Waals surface area contributed by atoms with Crippen molar-refractivity contribution in [2.75, 3.05) is 6.54 Å². The Kier molecular flexibility index (Phi) is 5.57. The molecule has 2 aromatic carbocycles. The summed E-state index contributed by atoms with van der Waals surface area (Å²) in [5, 5.41) is 3.79. The topological polar surface area (TPSA) is 12.0 Å². The van der Waals surface area contributed by atoms with Gasteiger partial charge in [0.25, 0.3) is 0 Å². The highest BCUT2D eigenvalue weighted by molar-refractivity contribution is 6.42. The van der Waals surface area contributed by atoms with Crippen LogP contribution in [-0.4, -0.2) is 6.54 Å². The third-order valence-corrected chi connectivity index (χ3v) is 4.01. The zero-order chi connectivity index (χ0) is 15.4. The van der Waals surface area contributed by atoms with Gasteiger partial charge in [0.15, 0.2) is 0 Å². The van der Waals surface area contributed by atoms with E-state index in [9.17, 15) is 8.78 Å². The van der Waals surface area contributed by atoms with Crippen LogP contribution in [0.15, 0.2) is 36.4 Å². The minimum atomic E-state index is -0.683. The fourth-order valence-electron chi connectivity index (χ4n) is 2.19. The summed E-state index contributed by atoms with van der Waals surface area (Å²) < 4.78 is 28.2. The maximum atomic E-state index is 14.1. The van der Waals surface area contributed by atoms with Crippen LogP contribution >= 0.6 is 23.2 Å². The molecule has 0 aliphatic heterocycles. The van der Waals surface area contributed by atoms with Crippen LogP contribution in [0.5, 0.6) is 0 Å². The normalized spacial score (nSPS) is 12.4. The average molecular weight is 330 g/mol. The van der Waals surface area contributed by atoms with E-state index in [2.05, 4.69) is 5.32 Å². The molecule has 1 N–H and O–H groups in total. The molecule has 1 atom stereocenters. The van der Waals surface area contributed by atoms with Gasteiger partial charge in [-0.3, -0.25) is 0 Å². The number of rotatable bonds is 5. The Labute approximate surface area is 132 Å². The average Bonchev–Trinajstić information content (AvgIpc) is 2.45. The molecular weight excluding hydrogens is 315 g/mol. The smallest absolute Gasteiger partial charge is 0.131 e. The Hall–Kier alpha value is -1.16. The van der Waals surface area contributed by atoms with Gasteiger partial charge in [-0.25, -0.2) is 8.78 Å². The van der Waals surface area contributed by atoms with Gasteiger partial charge >= 0.3 is 0 Å². The van der Waals surface area contributed by atoms with E-state index in [1.54, 1.807) is 18.2 Å². The van der Waals surface area contributed by atoms with Gasteiger partial charge in [-0.15, -0.1) is 0 Å². The maximum absolute atomic E-state index is 14.1. The number of nitrogens with one attached hydrogen (secondary N) is 1. The van der Waals surface area contributed by atoms with Gasteiger partial charge in [-0.1, -0.05) is 48.3 Å². The fraction of sp³-hybridized carbons (Fsp3) is 0.250. The summed E-state index contributed by atoms with van der Waals surface area (Å²) in [6.45, 7) is 2.57. The molecule has 112 valence electrons. The molecule has 0 aromatic heterocycles. The van der Waals surface area contributed by atoms with Gasteiger partial charge in [-0.2, -0.15) is 0 Å². The zero-order valence-electron chi connectivity index (χ0n) is 11.5. The van der Waals surface area contributed by atoms with E-state index in [1.807, 2.05) is 6.92 Å². The van der Waals surface area contributed by atoms with Crippen molar-refractivity contribution < 1.29 is 8.78 Å². The highest BCUT2D eigenvalue weighted by Crippen LogP contribution is 2.35. The van der Waals surface area contributed by atoms with Gasteiger partial charge < -0.3 is 5.32 Å². The summed E-state index contributed by atoms with van der Waals surface area (Å²) in [6, 6.07) is 8.19. The molecule has 21 heavy (non-hydrogen) atoms. The van der Waals surface area contributed by atoms with Crippen molar-refractivity contribution in [2.45, 2.75) is 19.4 Å². The molecule has 2 aromatic rings. The van der Waals surface area contributed by atoms with E-state index in [1.165, 1.54) is 18.2 Å². The van der Waals surface area contributed by atoms with E-state index in [0.717, 1.165) is 6.42 Å². The van der Waals surface area contributed by atoms with Crippen molar-refractivity contribution in [3.05, 3.63) is 69.2 Å². The zero-order valence-corrected chi connectivity index (χ0v) is 13.0. The molecule has 5 heteroatoms. The van der Waals surface area contributed by atoms with E-state index in [-0.39, 0.29) is 5.56 Å². The molecule has 1 nitrogen and oxygen atoms in total. The number of hydrogen-bond donors (Lipinski definition) is 1. The first kappa shape index (κ1) is 16.2. The Morgan fingerprint density at radius 3 is 2.29 bits per heavy atom. The number of halogens is 4. The lowest BCUT2D eigenvalue weighted by Gasteiger charge is -2.22. The standard InChI is InChI=1S/C16H15Cl2F2N/c1-2-9-21-16(10-5-3-6-11(17)15(10)18)14-12(19)7-4-8-13(14)20/h3-8,16,21H,2,9H2,1H3. The van der Waals surface area contributed by atoms with Crippen molar-refractivity contribution in [3.8, 4) is 0 Å². The third kappa shape index (κ3) is 3.54. The van der Waals surface area contributed by atoms with Crippen LogP contribution in [0.4, 0.5) is 8.78 Å². The molecule has 1 unspecified atom stereocenters. The van der Waals surface area contributed by atoms with Crippen molar-refractivity contribution >= 4 is 23.2 Å². The van der Waals surface area contributed by atoms with Crippen molar-refractivity contribution in [3.63, 3.8) is 0 Å². The second-order valence-electron chi connectivity index (χ2n) is 4.67. The molecule has 0 amide bonds. The second-order valence-corrected chi connectivity index (χ2v) is 5.45. The molecule has 0 bridgehead atoms. The van der Waals surface area contributed by atoms with Crippen molar-refractivity contribution in [1.29, 1.82) is 0 Å². The molecule has 0 radical (unpaired) electrons. The first-order valence-corrected chi connectivity index (χ1v) is 7.43. The van der Waals surface area contributed by atoms with E-state index >= 15 is 0 Å². The van der Waals surface area contributed by atoms with Crippen LogP contribution in [0, 0.1) is 11.6 Å². The summed E-state index contributed by atoms with van der Waals surface area (Å²) >= 11 is 12.2. The molecule has 0 aliphatic carbocycles. The molecule has 0 aliphatic rings. The van der Waals surface area contributed by atoms with Crippen molar-refractivity contribution in [2.24, 2.45) is 0 Å². The lowest BCUT2D eigenvalue weighted by atomic mass is 9.97. The van der Waals surface area contributed by atoms with Crippen LogP contribution in [-0.2, 0) is 0 Å². The summed E-state index contributed by atoms with van der Waals surface area (Å²) in [4.78, 5) is 0. The molecule has 2 rings (SSSR count). The number of benzene rings is 2. The minimum absolute atomic E-state index is 0.0462. The summed E-state index contributed by atoms with van der Waals surface area (Å²) in [5.74, 6) is -1.22.